The number of aliphatic hydroxyl groups is 2. The number of fused-ring (bicyclic) bond motifs is 7. The Kier molecular flexibility index (Phi) is 7.56. The minimum atomic E-state index is -0.690. The molecule has 2 unspecified atom stereocenters. The summed E-state index contributed by atoms with van der Waals surface area (Å²) in [4.78, 5) is 0. The standard InChI is InChI=1S/C38H55NO3/c1-25-14-17-38(20-21-39)19-18-36(5)28(32(38)26(25)2)12-13-31-34(3)22-29(42-23-27-10-8-7-9-11-27)33(41)35(4,24-40)30(34)15-16-37(31,36)6/h7-12,25-26,29-33,40-41H,13-20,22-24H2,1-6H3/t25-,26+,29-,30?,31-,32+,33+,34+,35?,36-,37-,38-/m1/s1. The van der Waals surface area contributed by atoms with Crippen LogP contribution in [0.25, 0.3) is 0 Å². The number of rotatable bonds is 5. The molecule has 0 aliphatic heterocycles. The maximum absolute atomic E-state index is 11.8. The fourth-order valence-electron chi connectivity index (χ4n) is 12.1. The number of nitrogens with zero attached hydrogens (tertiary/aromatic N) is 1. The van der Waals surface area contributed by atoms with Gasteiger partial charge in [0.2, 0.25) is 0 Å². The molecule has 4 saturated carbocycles. The van der Waals surface area contributed by atoms with E-state index in [4.69, 9.17) is 4.74 Å². The van der Waals surface area contributed by atoms with Crippen LogP contribution in [-0.2, 0) is 11.3 Å². The Morgan fingerprint density at radius 2 is 1.71 bits per heavy atom. The van der Waals surface area contributed by atoms with Crippen molar-refractivity contribution in [3.8, 4) is 6.07 Å². The van der Waals surface area contributed by atoms with Crippen LogP contribution in [0.3, 0.4) is 0 Å². The van der Waals surface area contributed by atoms with Crippen molar-refractivity contribution in [3.05, 3.63) is 47.5 Å². The molecule has 5 aliphatic rings. The first kappa shape index (κ1) is 30.4. The molecule has 42 heavy (non-hydrogen) atoms. The Morgan fingerprint density at radius 1 is 0.976 bits per heavy atom. The third-order valence-corrected chi connectivity index (χ3v) is 15.0. The second-order valence-corrected chi connectivity index (χ2v) is 16.5. The van der Waals surface area contributed by atoms with Gasteiger partial charge in [0, 0.05) is 11.8 Å². The van der Waals surface area contributed by atoms with Crippen molar-refractivity contribution in [2.45, 2.75) is 118 Å². The van der Waals surface area contributed by atoms with Gasteiger partial charge in [-0.15, -0.1) is 0 Å². The molecule has 0 saturated heterocycles. The Morgan fingerprint density at radius 3 is 2.40 bits per heavy atom. The maximum atomic E-state index is 11.8. The Balaban J connectivity index is 1.39. The van der Waals surface area contributed by atoms with Crippen molar-refractivity contribution in [1.29, 1.82) is 5.26 Å². The van der Waals surface area contributed by atoms with Crippen molar-refractivity contribution < 1.29 is 14.9 Å². The van der Waals surface area contributed by atoms with E-state index in [1.54, 1.807) is 5.57 Å². The summed E-state index contributed by atoms with van der Waals surface area (Å²) in [5, 5.41) is 32.6. The van der Waals surface area contributed by atoms with Crippen LogP contribution in [0.5, 0.6) is 0 Å². The zero-order valence-corrected chi connectivity index (χ0v) is 27.0. The predicted molar refractivity (Wildman–Crippen MR) is 167 cm³/mol. The number of hydrogen-bond donors (Lipinski definition) is 2. The Labute approximate surface area is 254 Å². The van der Waals surface area contributed by atoms with Crippen molar-refractivity contribution in [2.75, 3.05) is 6.61 Å². The first-order chi connectivity index (χ1) is 19.9. The van der Waals surface area contributed by atoms with Crippen molar-refractivity contribution in [3.63, 3.8) is 0 Å². The van der Waals surface area contributed by atoms with Gasteiger partial charge in [0.1, 0.15) is 0 Å². The quantitative estimate of drug-likeness (QED) is 0.349. The lowest BCUT2D eigenvalue weighted by molar-refractivity contribution is -0.253. The van der Waals surface area contributed by atoms with Crippen LogP contribution in [0, 0.1) is 68.0 Å². The summed E-state index contributed by atoms with van der Waals surface area (Å²) in [5.41, 5.74) is 2.52. The molecule has 2 N–H and O–H groups in total. The van der Waals surface area contributed by atoms with E-state index in [0.717, 1.165) is 37.7 Å². The van der Waals surface area contributed by atoms with Crippen LogP contribution in [0.4, 0.5) is 0 Å². The van der Waals surface area contributed by atoms with Gasteiger partial charge in [0.25, 0.3) is 0 Å². The highest BCUT2D eigenvalue weighted by molar-refractivity contribution is 5.34. The van der Waals surface area contributed by atoms with Gasteiger partial charge < -0.3 is 14.9 Å². The molecule has 6 rings (SSSR count). The molecule has 4 nitrogen and oxygen atoms in total. The SMILES string of the molecule is C[C@H]1[C@H](C)CC[C@]2(CC#N)CC[C@]3(C)C(=CC[C@@H]4[C@@]5(C)C[C@@H](OCc6ccccc6)[C@H](O)C(C)(CO)C5CC[C@]43C)[C@H]12. The number of benzene rings is 1. The van der Waals surface area contributed by atoms with Gasteiger partial charge in [-0.3, -0.25) is 0 Å². The van der Waals surface area contributed by atoms with Gasteiger partial charge in [0.05, 0.1) is 31.5 Å². The number of aliphatic hydroxyl groups excluding tert-OH is 2. The molecule has 0 amide bonds. The third kappa shape index (κ3) is 4.09. The number of ether oxygens (including phenoxy) is 1. The van der Waals surface area contributed by atoms with Crippen molar-refractivity contribution >= 4 is 0 Å². The van der Waals surface area contributed by atoms with E-state index in [0.29, 0.717) is 36.7 Å². The highest BCUT2D eigenvalue weighted by atomic mass is 16.5. The molecule has 0 spiro atoms. The summed E-state index contributed by atoms with van der Waals surface area (Å²) < 4.78 is 6.57. The largest absolute Gasteiger partial charge is 0.396 e. The first-order valence-corrected chi connectivity index (χ1v) is 16.9. The van der Waals surface area contributed by atoms with Crippen LogP contribution >= 0.6 is 0 Å². The van der Waals surface area contributed by atoms with E-state index in [1.165, 1.54) is 19.3 Å². The summed E-state index contributed by atoms with van der Waals surface area (Å²) >= 11 is 0. The molecular formula is C38H55NO3. The summed E-state index contributed by atoms with van der Waals surface area (Å²) in [6.45, 7) is 15.2. The van der Waals surface area contributed by atoms with Gasteiger partial charge in [-0.1, -0.05) is 83.5 Å². The van der Waals surface area contributed by atoms with Gasteiger partial charge in [0.15, 0.2) is 0 Å². The van der Waals surface area contributed by atoms with Crippen LogP contribution in [-0.4, -0.2) is 29.0 Å². The smallest absolute Gasteiger partial charge is 0.0880 e. The van der Waals surface area contributed by atoms with E-state index >= 15 is 0 Å². The molecule has 4 heteroatoms. The molecule has 4 fully saturated rings. The second-order valence-electron chi connectivity index (χ2n) is 16.5. The van der Waals surface area contributed by atoms with E-state index < -0.39 is 11.5 Å². The fraction of sp³-hybridized carbons (Fsp3) is 0.763. The molecule has 230 valence electrons. The van der Waals surface area contributed by atoms with E-state index in [9.17, 15) is 15.5 Å². The van der Waals surface area contributed by atoms with Gasteiger partial charge in [-0.05, 0) is 108 Å². The van der Waals surface area contributed by atoms with Gasteiger partial charge in [-0.25, -0.2) is 0 Å². The highest BCUT2D eigenvalue weighted by Crippen LogP contribution is 2.76. The van der Waals surface area contributed by atoms with E-state index in [2.05, 4.69) is 65.8 Å². The highest BCUT2D eigenvalue weighted by Gasteiger charge is 2.70. The fourth-order valence-corrected chi connectivity index (χ4v) is 12.1. The lowest BCUT2D eigenvalue weighted by atomic mass is 9.33. The molecule has 0 bridgehead atoms. The van der Waals surface area contributed by atoms with Crippen LogP contribution < -0.4 is 0 Å². The lowest BCUT2D eigenvalue weighted by Gasteiger charge is -2.72. The number of nitriles is 1. The maximum Gasteiger partial charge on any atom is 0.0880 e. The molecule has 0 aromatic heterocycles. The van der Waals surface area contributed by atoms with Gasteiger partial charge in [-0.2, -0.15) is 5.26 Å². The van der Waals surface area contributed by atoms with E-state index in [-0.39, 0.29) is 40.3 Å². The average Bonchev–Trinajstić information content (AvgIpc) is 2.97. The zero-order valence-electron chi connectivity index (χ0n) is 27.0. The zero-order chi connectivity index (χ0) is 30.1. The Bertz CT molecular complexity index is 1240. The number of allylic oxidation sites excluding steroid dienone is 2. The number of hydrogen-bond acceptors (Lipinski definition) is 4. The lowest BCUT2D eigenvalue weighted by Crippen LogP contribution is -2.68. The normalized spacial score (nSPS) is 49.9. The molecule has 12 atom stereocenters. The summed E-state index contributed by atoms with van der Waals surface area (Å²) in [5.74, 6) is 2.49. The third-order valence-electron chi connectivity index (χ3n) is 15.0. The predicted octanol–water partition coefficient (Wildman–Crippen LogP) is 8.09. The molecule has 1 aromatic rings. The summed E-state index contributed by atoms with van der Waals surface area (Å²) in [6.07, 6.45) is 11.2. The molecule has 1 aromatic carbocycles. The molecule has 0 radical (unpaired) electrons. The molecule has 5 aliphatic carbocycles. The summed E-state index contributed by atoms with van der Waals surface area (Å²) in [7, 11) is 0. The van der Waals surface area contributed by atoms with Crippen LogP contribution in [0.1, 0.15) is 105 Å². The second kappa shape index (κ2) is 10.5. The summed E-state index contributed by atoms with van der Waals surface area (Å²) in [6, 6.07) is 12.9. The minimum absolute atomic E-state index is 0.0183. The van der Waals surface area contributed by atoms with Gasteiger partial charge >= 0.3 is 0 Å². The van der Waals surface area contributed by atoms with Crippen molar-refractivity contribution in [1.82, 2.24) is 0 Å². The Hall–Kier alpha value is -1.67. The van der Waals surface area contributed by atoms with Crippen LogP contribution in [0.2, 0.25) is 0 Å². The van der Waals surface area contributed by atoms with Crippen LogP contribution in [0.15, 0.2) is 42.0 Å². The minimum Gasteiger partial charge on any atom is -0.396 e. The monoisotopic (exact) mass is 573 g/mol. The first-order valence-electron chi connectivity index (χ1n) is 16.9. The molecular weight excluding hydrogens is 518 g/mol. The average molecular weight is 574 g/mol. The molecule has 0 heterocycles. The van der Waals surface area contributed by atoms with Crippen molar-refractivity contribution in [2.24, 2.45) is 56.7 Å². The van der Waals surface area contributed by atoms with E-state index in [1.807, 2.05) is 18.2 Å². The topological polar surface area (TPSA) is 73.5 Å².